The Morgan fingerprint density at radius 1 is 1.40 bits per heavy atom. The van der Waals surface area contributed by atoms with Gasteiger partial charge in [-0.05, 0) is 30.9 Å². The van der Waals surface area contributed by atoms with E-state index >= 15 is 0 Å². The number of hydrogen-bond donors (Lipinski definition) is 1. The average molecular weight is 211 g/mol. The Morgan fingerprint density at radius 3 is 2.80 bits per heavy atom. The topological polar surface area (TPSA) is 35.2 Å². The summed E-state index contributed by atoms with van der Waals surface area (Å²) in [6.45, 7) is 4.92. The molecule has 0 fully saturated rings. The van der Waals surface area contributed by atoms with Gasteiger partial charge in [0, 0.05) is 6.07 Å². The molecule has 0 heterocycles. The Bertz CT molecular complexity index is 312. The number of rotatable bonds is 5. The van der Waals surface area contributed by atoms with Crippen molar-refractivity contribution in [3.63, 3.8) is 0 Å². The molecule has 3 heteroatoms. The average Bonchev–Trinajstić information content (AvgIpc) is 2.17. The third kappa shape index (κ3) is 4.19. The molecule has 0 saturated carbocycles. The van der Waals surface area contributed by atoms with Crippen LogP contribution in [-0.4, -0.2) is 6.61 Å². The molecule has 0 amide bonds. The summed E-state index contributed by atoms with van der Waals surface area (Å²) in [6.07, 6.45) is 2.07. The standard InChI is InChI=1S/C12H18FNO/c1-9(2)4-3-7-15-12-8-10(13)5-6-11(12)14/h5-6,8-9H,3-4,7,14H2,1-2H3. The van der Waals surface area contributed by atoms with Gasteiger partial charge in [-0.25, -0.2) is 4.39 Å². The van der Waals surface area contributed by atoms with Crippen molar-refractivity contribution in [2.75, 3.05) is 12.3 Å². The number of benzene rings is 1. The molecule has 15 heavy (non-hydrogen) atoms. The number of ether oxygens (including phenoxy) is 1. The van der Waals surface area contributed by atoms with Crippen molar-refractivity contribution < 1.29 is 9.13 Å². The van der Waals surface area contributed by atoms with E-state index in [1.54, 1.807) is 0 Å². The number of anilines is 1. The molecule has 0 saturated heterocycles. The van der Waals surface area contributed by atoms with Crippen LogP contribution in [0.4, 0.5) is 10.1 Å². The highest BCUT2D eigenvalue weighted by Crippen LogP contribution is 2.22. The minimum Gasteiger partial charge on any atom is -0.491 e. The van der Waals surface area contributed by atoms with Crippen LogP contribution in [0.3, 0.4) is 0 Å². The van der Waals surface area contributed by atoms with Gasteiger partial charge in [0.15, 0.2) is 0 Å². The van der Waals surface area contributed by atoms with Crippen molar-refractivity contribution >= 4 is 5.69 Å². The fourth-order valence-corrected chi connectivity index (χ4v) is 1.31. The van der Waals surface area contributed by atoms with Gasteiger partial charge >= 0.3 is 0 Å². The fourth-order valence-electron chi connectivity index (χ4n) is 1.31. The molecule has 2 nitrogen and oxygen atoms in total. The molecule has 0 unspecified atom stereocenters. The molecule has 0 aliphatic carbocycles. The summed E-state index contributed by atoms with van der Waals surface area (Å²) >= 11 is 0. The summed E-state index contributed by atoms with van der Waals surface area (Å²) in [7, 11) is 0. The van der Waals surface area contributed by atoms with Crippen molar-refractivity contribution in [1.82, 2.24) is 0 Å². The SMILES string of the molecule is CC(C)CCCOc1cc(F)ccc1N. The molecule has 1 aromatic carbocycles. The number of halogens is 1. The molecule has 0 aliphatic rings. The van der Waals surface area contributed by atoms with Crippen LogP contribution in [0.25, 0.3) is 0 Å². The number of hydrogen-bond acceptors (Lipinski definition) is 2. The van der Waals surface area contributed by atoms with Crippen LogP contribution in [-0.2, 0) is 0 Å². The first kappa shape index (κ1) is 11.8. The van der Waals surface area contributed by atoms with E-state index in [2.05, 4.69) is 13.8 Å². The van der Waals surface area contributed by atoms with Crippen LogP contribution in [0.2, 0.25) is 0 Å². The zero-order valence-corrected chi connectivity index (χ0v) is 9.29. The molecule has 2 N–H and O–H groups in total. The molecular formula is C12H18FNO. The summed E-state index contributed by atoms with van der Waals surface area (Å²) in [4.78, 5) is 0. The quantitative estimate of drug-likeness (QED) is 0.599. The van der Waals surface area contributed by atoms with E-state index in [1.165, 1.54) is 18.2 Å². The van der Waals surface area contributed by atoms with Crippen molar-refractivity contribution in [2.45, 2.75) is 26.7 Å². The Morgan fingerprint density at radius 2 is 2.13 bits per heavy atom. The van der Waals surface area contributed by atoms with Gasteiger partial charge in [0.05, 0.1) is 12.3 Å². The Balaban J connectivity index is 2.40. The van der Waals surface area contributed by atoms with E-state index in [1.807, 2.05) is 0 Å². The van der Waals surface area contributed by atoms with Crippen LogP contribution in [0.1, 0.15) is 26.7 Å². The molecular weight excluding hydrogens is 193 g/mol. The van der Waals surface area contributed by atoms with Gasteiger partial charge in [-0.2, -0.15) is 0 Å². The first-order valence-corrected chi connectivity index (χ1v) is 5.27. The van der Waals surface area contributed by atoms with Crippen LogP contribution in [0.15, 0.2) is 18.2 Å². The lowest BCUT2D eigenvalue weighted by atomic mass is 10.1. The van der Waals surface area contributed by atoms with Crippen LogP contribution in [0.5, 0.6) is 5.75 Å². The maximum atomic E-state index is 12.8. The van der Waals surface area contributed by atoms with E-state index < -0.39 is 0 Å². The second-order valence-electron chi connectivity index (χ2n) is 4.07. The van der Waals surface area contributed by atoms with Gasteiger partial charge in [-0.1, -0.05) is 13.8 Å². The van der Waals surface area contributed by atoms with Gasteiger partial charge in [0.2, 0.25) is 0 Å². The second kappa shape index (κ2) is 5.59. The molecule has 1 aromatic rings. The molecule has 0 aliphatic heterocycles. The summed E-state index contributed by atoms with van der Waals surface area (Å²) in [5.41, 5.74) is 6.13. The maximum Gasteiger partial charge on any atom is 0.145 e. The number of nitrogen functional groups attached to an aromatic ring is 1. The minimum atomic E-state index is -0.317. The van der Waals surface area contributed by atoms with Crippen LogP contribution >= 0.6 is 0 Å². The van der Waals surface area contributed by atoms with Gasteiger partial charge < -0.3 is 10.5 Å². The highest BCUT2D eigenvalue weighted by Gasteiger charge is 2.02. The molecule has 84 valence electrons. The lowest BCUT2D eigenvalue weighted by molar-refractivity contribution is 0.298. The maximum absolute atomic E-state index is 12.8. The zero-order valence-electron chi connectivity index (χ0n) is 9.29. The minimum absolute atomic E-state index is 0.317. The Labute approximate surface area is 90.2 Å². The van der Waals surface area contributed by atoms with Gasteiger partial charge in [0.25, 0.3) is 0 Å². The van der Waals surface area contributed by atoms with Crippen LogP contribution in [0, 0.1) is 11.7 Å². The monoisotopic (exact) mass is 211 g/mol. The lowest BCUT2D eigenvalue weighted by Gasteiger charge is -2.09. The van der Waals surface area contributed by atoms with E-state index in [0.717, 1.165) is 12.8 Å². The molecule has 0 atom stereocenters. The first-order valence-electron chi connectivity index (χ1n) is 5.27. The van der Waals surface area contributed by atoms with E-state index in [9.17, 15) is 4.39 Å². The number of nitrogens with two attached hydrogens (primary N) is 1. The van der Waals surface area contributed by atoms with Crippen molar-refractivity contribution in [3.05, 3.63) is 24.0 Å². The van der Waals surface area contributed by atoms with E-state index in [0.29, 0.717) is 24.0 Å². The highest BCUT2D eigenvalue weighted by molar-refractivity contribution is 5.52. The Hall–Kier alpha value is -1.25. The van der Waals surface area contributed by atoms with Crippen molar-refractivity contribution in [1.29, 1.82) is 0 Å². The summed E-state index contributed by atoms with van der Waals surface area (Å²) in [6, 6.07) is 4.17. The third-order valence-electron chi connectivity index (χ3n) is 2.16. The summed E-state index contributed by atoms with van der Waals surface area (Å²) in [5.74, 6) is 0.792. The third-order valence-corrected chi connectivity index (χ3v) is 2.16. The molecule has 0 spiro atoms. The normalized spacial score (nSPS) is 10.7. The lowest BCUT2D eigenvalue weighted by Crippen LogP contribution is -2.02. The van der Waals surface area contributed by atoms with Crippen molar-refractivity contribution in [2.24, 2.45) is 5.92 Å². The van der Waals surface area contributed by atoms with Crippen LogP contribution < -0.4 is 10.5 Å². The summed E-state index contributed by atoms with van der Waals surface area (Å²) in [5, 5.41) is 0. The molecule has 0 radical (unpaired) electrons. The highest BCUT2D eigenvalue weighted by atomic mass is 19.1. The smallest absolute Gasteiger partial charge is 0.145 e. The zero-order chi connectivity index (χ0) is 11.3. The molecule has 1 rings (SSSR count). The van der Waals surface area contributed by atoms with Gasteiger partial charge in [-0.15, -0.1) is 0 Å². The predicted octanol–water partition coefficient (Wildman–Crippen LogP) is 3.22. The van der Waals surface area contributed by atoms with Crippen molar-refractivity contribution in [3.8, 4) is 5.75 Å². The van der Waals surface area contributed by atoms with Gasteiger partial charge in [-0.3, -0.25) is 0 Å². The predicted molar refractivity (Wildman–Crippen MR) is 60.4 cm³/mol. The largest absolute Gasteiger partial charge is 0.491 e. The van der Waals surface area contributed by atoms with Gasteiger partial charge in [0.1, 0.15) is 11.6 Å². The Kier molecular flexibility index (Phi) is 4.40. The van der Waals surface area contributed by atoms with E-state index in [-0.39, 0.29) is 5.82 Å². The second-order valence-corrected chi connectivity index (χ2v) is 4.07. The molecule has 0 bridgehead atoms. The first-order chi connectivity index (χ1) is 7.09. The summed E-state index contributed by atoms with van der Waals surface area (Å²) < 4.78 is 18.3. The van der Waals surface area contributed by atoms with E-state index in [4.69, 9.17) is 10.5 Å². The molecule has 0 aromatic heterocycles. The fraction of sp³-hybridized carbons (Fsp3) is 0.500.